The predicted octanol–water partition coefficient (Wildman–Crippen LogP) is 2.60. The average Bonchev–Trinajstić information content (AvgIpc) is 3.24. The van der Waals surface area contributed by atoms with Crippen LogP contribution in [0.3, 0.4) is 0 Å². The van der Waals surface area contributed by atoms with E-state index in [1.54, 1.807) is 48.5 Å². The molecular weight excluding hydrogens is 533 g/mol. The van der Waals surface area contributed by atoms with E-state index in [9.17, 15) is 18.0 Å². The van der Waals surface area contributed by atoms with Gasteiger partial charge in [-0.1, -0.05) is 12.1 Å². The highest BCUT2D eigenvalue weighted by molar-refractivity contribution is 14.1. The topological polar surface area (TPSA) is 105 Å². The molecule has 0 saturated carbocycles. The zero-order valence-corrected chi connectivity index (χ0v) is 20.0. The number of nitrogens with one attached hydrogen (secondary N) is 2. The zero-order valence-electron chi connectivity index (χ0n) is 17.0. The van der Waals surface area contributed by atoms with Gasteiger partial charge in [-0.15, -0.1) is 0 Å². The molecule has 2 amide bonds. The van der Waals surface area contributed by atoms with Crippen LogP contribution in [0, 0.1) is 3.57 Å². The SMILES string of the molecule is CS(=O)(=O)N(CC(=O)Nc1ccccc1C(=O)NC[C@H]1CCCO1)c1ccc(I)cc1. The summed E-state index contributed by atoms with van der Waals surface area (Å²) in [7, 11) is -3.69. The Morgan fingerprint density at radius 1 is 1.16 bits per heavy atom. The Kier molecular flexibility index (Phi) is 7.89. The molecule has 1 atom stereocenters. The van der Waals surface area contributed by atoms with Crippen LogP contribution in [-0.4, -0.2) is 52.3 Å². The fourth-order valence-electron chi connectivity index (χ4n) is 3.22. The van der Waals surface area contributed by atoms with Crippen LogP contribution in [0.25, 0.3) is 0 Å². The minimum Gasteiger partial charge on any atom is -0.376 e. The Morgan fingerprint density at radius 2 is 1.87 bits per heavy atom. The van der Waals surface area contributed by atoms with E-state index in [1.807, 2.05) is 0 Å². The van der Waals surface area contributed by atoms with Gasteiger partial charge in [0.2, 0.25) is 15.9 Å². The van der Waals surface area contributed by atoms with Crippen molar-refractivity contribution in [3.8, 4) is 0 Å². The lowest BCUT2D eigenvalue weighted by Gasteiger charge is -2.22. The van der Waals surface area contributed by atoms with Crippen molar-refractivity contribution in [3.63, 3.8) is 0 Å². The summed E-state index contributed by atoms with van der Waals surface area (Å²) in [6.45, 7) is 0.686. The molecule has 1 aliphatic heterocycles. The Balaban J connectivity index is 1.70. The quantitative estimate of drug-likeness (QED) is 0.486. The Morgan fingerprint density at radius 3 is 2.52 bits per heavy atom. The minimum atomic E-state index is -3.69. The molecule has 2 aromatic carbocycles. The van der Waals surface area contributed by atoms with Crippen LogP contribution < -0.4 is 14.9 Å². The van der Waals surface area contributed by atoms with Crippen molar-refractivity contribution in [1.29, 1.82) is 0 Å². The summed E-state index contributed by atoms with van der Waals surface area (Å²) in [6, 6.07) is 13.4. The second-order valence-electron chi connectivity index (χ2n) is 7.18. The summed E-state index contributed by atoms with van der Waals surface area (Å²) in [5.74, 6) is -0.882. The van der Waals surface area contributed by atoms with Gasteiger partial charge >= 0.3 is 0 Å². The normalized spacial score (nSPS) is 16.0. The van der Waals surface area contributed by atoms with Gasteiger partial charge in [0, 0.05) is 16.7 Å². The number of amides is 2. The number of hydrogen-bond acceptors (Lipinski definition) is 5. The van der Waals surface area contributed by atoms with Crippen LogP contribution in [0.15, 0.2) is 48.5 Å². The highest BCUT2D eigenvalue weighted by Gasteiger charge is 2.22. The molecule has 0 bridgehead atoms. The van der Waals surface area contributed by atoms with Crippen LogP contribution in [0.1, 0.15) is 23.2 Å². The Labute approximate surface area is 195 Å². The number of anilines is 2. The maximum Gasteiger partial charge on any atom is 0.253 e. The first-order chi connectivity index (χ1) is 14.7. The number of carbonyl (C=O) groups is 2. The van der Waals surface area contributed by atoms with E-state index in [4.69, 9.17) is 4.74 Å². The summed E-state index contributed by atoms with van der Waals surface area (Å²) in [5.41, 5.74) is 1.00. The van der Waals surface area contributed by atoms with Gasteiger partial charge in [-0.25, -0.2) is 8.42 Å². The molecule has 1 saturated heterocycles. The van der Waals surface area contributed by atoms with Gasteiger partial charge in [-0.05, 0) is 71.8 Å². The van der Waals surface area contributed by atoms with E-state index in [0.29, 0.717) is 30.1 Å². The molecule has 10 heteroatoms. The number of para-hydroxylation sites is 1. The van der Waals surface area contributed by atoms with E-state index < -0.39 is 22.5 Å². The monoisotopic (exact) mass is 557 g/mol. The van der Waals surface area contributed by atoms with E-state index >= 15 is 0 Å². The predicted molar refractivity (Wildman–Crippen MR) is 128 cm³/mol. The molecule has 0 radical (unpaired) electrons. The smallest absolute Gasteiger partial charge is 0.253 e. The van der Waals surface area contributed by atoms with Crippen molar-refractivity contribution >= 4 is 55.8 Å². The Bertz CT molecular complexity index is 1040. The molecule has 0 aromatic heterocycles. The van der Waals surface area contributed by atoms with E-state index in [1.165, 1.54) is 0 Å². The first kappa shape index (κ1) is 23.5. The number of carbonyl (C=O) groups excluding carboxylic acids is 2. The van der Waals surface area contributed by atoms with Crippen LogP contribution in [0.2, 0.25) is 0 Å². The van der Waals surface area contributed by atoms with Gasteiger partial charge < -0.3 is 15.4 Å². The summed E-state index contributed by atoms with van der Waals surface area (Å²) in [4.78, 5) is 25.3. The molecule has 1 aliphatic rings. The van der Waals surface area contributed by atoms with E-state index in [2.05, 4.69) is 33.2 Å². The van der Waals surface area contributed by atoms with Gasteiger partial charge in [0.25, 0.3) is 5.91 Å². The molecule has 166 valence electrons. The van der Waals surface area contributed by atoms with Crippen molar-refractivity contribution in [1.82, 2.24) is 5.32 Å². The highest BCUT2D eigenvalue weighted by atomic mass is 127. The van der Waals surface area contributed by atoms with Gasteiger partial charge in [0.1, 0.15) is 6.54 Å². The summed E-state index contributed by atoms with van der Waals surface area (Å²) >= 11 is 2.12. The highest BCUT2D eigenvalue weighted by Crippen LogP contribution is 2.20. The molecule has 8 nitrogen and oxygen atoms in total. The molecule has 0 spiro atoms. The number of hydrogen-bond donors (Lipinski definition) is 2. The van der Waals surface area contributed by atoms with Crippen molar-refractivity contribution in [2.75, 3.05) is 35.6 Å². The number of benzene rings is 2. The van der Waals surface area contributed by atoms with Gasteiger partial charge in [-0.3, -0.25) is 13.9 Å². The average molecular weight is 557 g/mol. The van der Waals surface area contributed by atoms with Crippen molar-refractivity contribution in [2.24, 2.45) is 0 Å². The molecular formula is C21H24IN3O5S. The van der Waals surface area contributed by atoms with Crippen LogP contribution >= 0.6 is 22.6 Å². The molecule has 2 N–H and O–H groups in total. The number of sulfonamides is 1. The van der Waals surface area contributed by atoms with Crippen LogP contribution in [0.5, 0.6) is 0 Å². The summed E-state index contributed by atoms with van der Waals surface area (Å²) in [6.07, 6.45) is 2.93. The van der Waals surface area contributed by atoms with E-state index in [0.717, 1.165) is 27.0 Å². The maximum atomic E-state index is 12.7. The zero-order chi connectivity index (χ0) is 22.4. The van der Waals surface area contributed by atoms with Crippen molar-refractivity contribution in [2.45, 2.75) is 18.9 Å². The van der Waals surface area contributed by atoms with Crippen LogP contribution in [0.4, 0.5) is 11.4 Å². The lowest BCUT2D eigenvalue weighted by atomic mass is 10.1. The molecule has 1 heterocycles. The Hall–Kier alpha value is -2.18. The lowest BCUT2D eigenvalue weighted by Crippen LogP contribution is -2.38. The number of nitrogens with zero attached hydrogens (tertiary/aromatic N) is 1. The largest absolute Gasteiger partial charge is 0.376 e. The summed E-state index contributed by atoms with van der Waals surface area (Å²) in [5, 5.41) is 5.49. The van der Waals surface area contributed by atoms with Gasteiger partial charge in [0.05, 0.1) is 29.3 Å². The van der Waals surface area contributed by atoms with Gasteiger partial charge in [0.15, 0.2) is 0 Å². The number of rotatable bonds is 8. The molecule has 0 aliphatic carbocycles. The maximum absolute atomic E-state index is 12.7. The first-order valence-corrected chi connectivity index (χ1v) is 12.7. The third-order valence-corrected chi connectivity index (χ3v) is 6.62. The molecule has 3 rings (SSSR count). The second-order valence-corrected chi connectivity index (χ2v) is 10.3. The van der Waals surface area contributed by atoms with Gasteiger partial charge in [-0.2, -0.15) is 0 Å². The third-order valence-electron chi connectivity index (χ3n) is 4.76. The fourth-order valence-corrected chi connectivity index (χ4v) is 4.44. The minimum absolute atomic E-state index is 0.00274. The molecule has 2 aromatic rings. The first-order valence-electron chi connectivity index (χ1n) is 9.76. The summed E-state index contributed by atoms with van der Waals surface area (Å²) < 4.78 is 32.0. The van der Waals surface area contributed by atoms with Crippen LogP contribution in [-0.2, 0) is 19.6 Å². The lowest BCUT2D eigenvalue weighted by molar-refractivity contribution is -0.114. The molecule has 1 fully saturated rings. The fraction of sp³-hybridized carbons (Fsp3) is 0.333. The number of ether oxygens (including phenoxy) is 1. The van der Waals surface area contributed by atoms with Crippen molar-refractivity contribution in [3.05, 3.63) is 57.7 Å². The number of halogens is 1. The molecule has 31 heavy (non-hydrogen) atoms. The standard InChI is InChI=1S/C21H24IN3O5S/c1-31(28,29)25(16-10-8-15(22)9-11-16)14-20(26)24-19-7-3-2-6-18(19)21(27)23-13-17-5-4-12-30-17/h2-3,6-11,17H,4-5,12-14H2,1H3,(H,23,27)(H,24,26)/t17-/m1/s1. The second kappa shape index (κ2) is 10.4. The van der Waals surface area contributed by atoms with Crippen molar-refractivity contribution < 1.29 is 22.7 Å². The third kappa shape index (κ3) is 6.65. The molecule has 0 unspecified atom stereocenters. The van der Waals surface area contributed by atoms with E-state index in [-0.39, 0.29) is 12.0 Å².